The van der Waals surface area contributed by atoms with E-state index in [0.29, 0.717) is 22.7 Å². The summed E-state index contributed by atoms with van der Waals surface area (Å²) in [5.74, 6) is -12.0. The van der Waals surface area contributed by atoms with Crippen molar-refractivity contribution >= 4 is 33.9 Å². The molecule has 0 radical (unpaired) electrons. The van der Waals surface area contributed by atoms with Gasteiger partial charge in [0, 0.05) is 19.7 Å². The summed E-state index contributed by atoms with van der Waals surface area (Å²) in [5.41, 5.74) is -0.406. The Labute approximate surface area is 175 Å². The number of thioether (sulfide) groups is 1. The molecule has 0 amide bonds. The van der Waals surface area contributed by atoms with Crippen molar-refractivity contribution in [3.8, 4) is 5.75 Å². The molecular formula is C16H16BrF7N2O2S. The van der Waals surface area contributed by atoms with Crippen molar-refractivity contribution < 1.29 is 40.6 Å². The molecule has 0 saturated carbocycles. The highest BCUT2D eigenvalue weighted by Crippen LogP contribution is 2.52. The lowest BCUT2D eigenvalue weighted by molar-refractivity contribution is -0.358. The number of halogens is 8. The minimum absolute atomic E-state index is 0. The van der Waals surface area contributed by atoms with Crippen LogP contribution in [-0.4, -0.2) is 59.1 Å². The van der Waals surface area contributed by atoms with E-state index in [1.54, 1.807) is 19.0 Å². The zero-order chi connectivity index (χ0) is 21.1. The molecular weight excluding hydrogens is 497 g/mol. The maximum atomic E-state index is 13.4. The highest BCUT2D eigenvalue weighted by Gasteiger charge is 2.73. The minimum atomic E-state index is -6.40. The lowest BCUT2D eigenvalue weighted by atomic mass is 10.0. The molecule has 1 aliphatic heterocycles. The van der Waals surface area contributed by atoms with Crippen LogP contribution in [0.5, 0.6) is 5.75 Å². The number of fused-ring (bicyclic) bond motifs is 3. The van der Waals surface area contributed by atoms with Gasteiger partial charge < -0.3 is 14.7 Å². The van der Waals surface area contributed by atoms with Crippen LogP contribution in [0.2, 0.25) is 0 Å². The molecule has 1 heterocycles. The fourth-order valence-corrected chi connectivity index (χ4v) is 4.62. The van der Waals surface area contributed by atoms with E-state index in [-0.39, 0.29) is 28.0 Å². The Bertz CT molecular complexity index is 821. The number of hydrogen-bond acceptors (Lipinski definition) is 4. The van der Waals surface area contributed by atoms with E-state index >= 15 is 0 Å². The maximum Gasteiger partial charge on any atom is 0.460 e. The molecule has 2 unspecified atom stereocenters. The third kappa shape index (κ3) is 3.58. The second-order valence-corrected chi connectivity index (χ2v) is 7.66. The summed E-state index contributed by atoms with van der Waals surface area (Å²) in [4.78, 5) is 5.62. The zero-order valence-corrected chi connectivity index (χ0v) is 17.5. The van der Waals surface area contributed by atoms with E-state index < -0.39 is 30.4 Å². The molecule has 13 heteroatoms. The topological polar surface area (TPSA) is 45.1 Å². The fourth-order valence-electron chi connectivity index (χ4n) is 3.25. The summed E-state index contributed by atoms with van der Waals surface area (Å²) in [7, 11) is 3.20. The summed E-state index contributed by atoms with van der Waals surface area (Å²) >= 11 is 1.32. The number of amidine groups is 1. The van der Waals surface area contributed by atoms with Gasteiger partial charge in [0.1, 0.15) is 5.75 Å². The minimum Gasteiger partial charge on any atom is -0.487 e. The van der Waals surface area contributed by atoms with Gasteiger partial charge in [-0.25, -0.2) is 0 Å². The molecule has 2 atom stereocenters. The van der Waals surface area contributed by atoms with E-state index in [1.165, 1.54) is 23.9 Å². The lowest BCUT2D eigenvalue weighted by Gasteiger charge is -2.31. The molecule has 1 aliphatic carbocycles. The average molecular weight is 513 g/mol. The third-order valence-electron chi connectivity index (χ3n) is 4.80. The summed E-state index contributed by atoms with van der Waals surface area (Å²) in [6.07, 6.45) is -6.09. The molecule has 29 heavy (non-hydrogen) atoms. The van der Waals surface area contributed by atoms with Gasteiger partial charge in [-0.3, -0.25) is 4.99 Å². The van der Waals surface area contributed by atoms with Gasteiger partial charge >= 0.3 is 18.0 Å². The molecule has 4 nitrogen and oxygen atoms in total. The number of hydrogen-bond donors (Lipinski definition) is 1. The second kappa shape index (κ2) is 7.49. The smallest absolute Gasteiger partial charge is 0.460 e. The van der Waals surface area contributed by atoms with Crippen LogP contribution >= 0.6 is 28.7 Å². The van der Waals surface area contributed by atoms with Crippen molar-refractivity contribution in [2.24, 2.45) is 4.99 Å². The number of aliphatic hydroxyl groups is 1. The van der Waals surface area contributed by atoms with E-state index in [1.807, 2.05) is 0 Å². The Morgan fingerprint density at radius 1 is 1.24 bits per heavy atom. The van der Waals surface area contributed by atoms with Crippen molar-refractivity contribution in [1.29, 1.82) is 0 Å². The van der Waals surface area contributed by atoms with Crippen LogP contribution in [0.4, 0.5) is 30.7 Å². The zero-order valence-electron chi connectivity index (χ0n) is 14.9. The van der Waals surface area contributed by atoms with Crippen LogP contribution in [-0.2, 0) is 12.1 Å². The van der Waals surface area contributed by atoms with E-state index in [4.69, 9.17) is 0 Å². The van der Waals surface area contributed by atoms with Crippen molar-refractivity contribution in [1.82, 2.24) is 4.90 Å². The molecule has 1 fully saturated rings. The number of ether oxygens (including phenoxy) is 1. The van der Waals surface area contributed by atoms with Gasteiger partial charge in [0.2, 0.25) is 0 Å². The predicted octanol–water partition coefficient (Wildman–Crippen LogP) is 4.21. The Morgan fingerprint density at radius 2 is 1.86 bits per heavy atom. The molecule has 0 spiro atoms. The number of aliphatic imine (C=N–C) groups is 1. The van der Waals surface area contributed by atoms with E-state index in [2.05, 4.69) is 9.73 Å². The summed E-state index contributed by atoms with van der Waals surface area (Å²) in [6.45, 7) is -2.15. The van der Waals surface area contributed by atoms with E-state index in [9.17, 15) is 35.8 Å². The largest absolute Gasteiger partial charge is 0.487 e. The molecule has 1 N–H and O–H groups in total. The third-order valence-corrected chi connectivity index (χ3v) is 6.25. The summed E-state index contributed by atoms with van der Waals surface area (Å²) in [5, 5.41) is 11.3. The van der Waals surface area contributed by atoms with Gasteiger partial charge in [-0.05, 0) is 24.1 Å². The van der Waals surface area contributed by atoms with Crippen molar-refractivity contribution in [2.75, 3.05) is 20.7 Å². The monoisotopic (exact) mass is 512 g/mol. The van der Waals surface area contributed by atoms with Gasteiger partial charge in [0.15, 0.2) is 17.5 Å². The van der Waals surface area contributed by atoms with Gasteiger partial charge in [0.05, 0.1) is 5.25 Å². The molecule has 3 rings (SSSR count). The van der Waals surface area contributed by atoms with Crippen LogP contribution < -0.4 is 4.74 Å². The summed E-state index contributed by atoms with van der Waals surface area (Å²) in [6, 6.07) is 3.77. The number of alkyl halides is 7. The van der Waals surface area contributed by atoms with Crippen LogP contribution in [0.3, 0.4) is 0 Å². The number of nitrogens with zero attached hydrogens (tertiary/aromatic N) is 2. The second-order valence-electron chi connectivity index (χ2n) is 6.49. The first-order valence-corrected chi connectivity index (χ1v) is 8.82. The van der Waals surface area contributed by atoms with Gasteiger partial charge in [0.25, 0.3) is 0 Å². The first-order chi connectivity index (χ1) is 12.8. The normalized spacial score (nSPS) is 25.7. The Morgan fingerprint density at radius 3 is 2.41 bits per heavy atom. The maximum absolute atomic E-state index is 13.4. The first-order valence-electron chi connectivity index (χ1n) is 7.94. The summed E-state index contributed by atoms with van der Waals surface area (Å²) < 4.78 is 93.7. The van der Waals surface area contributed by atoms with Crippen molar-refractivity contribution in [3.05, 3.63) is 29.3 Å². The van der Waals surface area contributed by atoms with Crippen LogP contribution in [0.1, 0.15) is 11.1 Å². The predicted molar refractivity (Wildman–Crippen MR) is 98.3 cm³/mol. The van der Waals surface area contributed by atoms with Crippen LogP contribution in [0, 0.1) is 0 Å². The van der Waals surface area contributed by atoms with Crippen molar-refractivity contribution in [2.45, 2.75) is 35.4 Å². The molecule has 1 saturated heterocycles. The number of benzene rings is 1. The quantitative estimate of drug-likeness (QED) is 0.614. The number of rotatable bonds is 4. The Kier molecular flexibility index (Phi) is 6.21. The molecule has 0 aromatic heterocycles. The fraction of sp³-hybridized carbons (Fsp3) is 0.562. The first kappa shape index (κ1) is 24.1. The molecule has 1 aromatic rings. The van der Waals surface area contributed by atoms with Gasteiger partial charge in [-0.1, -0.05) is 17.8 Å². The molecule has 1 aromatic carbocycles. The van der Waals surface area contributed by atoms with E-state index in [0.717, 1.165) is 6.07 Å². The van der Waals surface area contributed by atoms with Gasteiger partial charge in [-0.15, -0.1) is 17.0 Å². The standard InChI is InChI=1S/C16H15F7N2O2S.BrH/c1-24-12-25(2)14(26)10-4-3-9(5-8(10)6-11(14)28-12)27-7-13(17,18)15(19,20)16(21,22)23;/h3-5,11,26H,6-7H2,1-2H3;1H. The van der Waals surface area contributed by atoms with Crippen LogP contribution in [0.25, 0.3) is 0 Å². The Hall–Kier alpha value is -1.21. The molecule has 164 valence electrons. The highest BCUT2D eigenvalue weighted by atomic mass is 79.9. The Balaban J connectivity index is 0.00000300. The van der Waals surface area contributed by atoms with Crippen molar-refractivity contribution in [3.63, 3.8) is 0 Å². The van der Waals surface area contributed by atoms with Gasteiger partial charge in [-0.2, -0.15) is 30.7 Å². The average Bonchev–Trinajstić information content (AvgIpc) is 3.01. The van der Waals surface area contributed by atoms with Crippen LogP contribution in [0.15, 0.2) is 23.2 Å². The molecule has 2 aliphatic rings. The SMILES string of the molecule is Br.CN=C1SC2Cc3cc(OCC(F)(F)C(F)(F)C(F)(F)F)ccc3C2(O)N1C. The highest BCUT2D eigenvalue weighted by molar-refractivity contribution is 8.93. The lowest BCUT2D eigenvalue weighted by Crippen LogP contribution is -2.54. The molecule has 0 bridgehead atoms.